The Labute approximate surface area is 90.7 Å². The highest BCUT2D eigenvalue weighted by molar-refractivity contribution is 5.93. The van der Waals surface area contributed by atoms with Gasteiger partial charge in [0.15, 0.2) is 0 Å². The third kappa shape index (κ3) is 2.38. The Morgan fingerprint density at radius 3 is 3.07 bits per heavy atom. The molecule has 0 saturated carbocycles. The number of rotatable bonds is 3. The van der Waals surface area contributed by atoms with Crippen molar-refractivity contribution in [2.24, 2.45) is 0 Å². The molecule has 1 radical (unpaired) electrons. The van der Waals surface area contributed by atoms with Crippen LogP contribution in [0.25, 0.3) is 0 Å². The van der Waals surface area contributed by atoms with Gasteiger partial charge in [-0.25, -0.2) is 0 Å². The summed E-state index contributed by atoms with van der Waals surface area (Å²) < 4.78 is 0. The van der Waals surface area contributed by atoms with Gasteiger partial charge in [0, 0.05) is 12.1 Å². The number of carbonyl (C=O) groups excluding carboxylic acids is 1. The second-order valence-corrected chi connectivity index (χ2v) is 3.96. The molecule has 1 N–H and O–H groups in total. The van der Waals surface area contributed by atoms with E-state index in [-0.39, 0.29) is 5.91 Å². The summed E-state index contributed by atoms with van der Waals surface area (Å²) in [5.41, 5.74) is 3.52. The van der Waals surface area contributed by atoms with Crippen LogP contribution in [0, 0.1) is 6.42 Å². The molecule has 15 heavy (non-hydrogen) atoms. The summed E-state index contributed by atoms with van der Waals surface area (Å²) in [4.78, 5) is 11.2. The molecule has 0 fully saturated rings. The highest BCUT2D eigenvalue weighted by Crippen LogP contribution is 2.24. The second kappa shape index (κ2) is 4.47. The van der Waals surface area contributed by atoms with Gasteiger partial charge in [0.05, 0.1) is 0 Å². The van der Waals surface area contributed by atoms with Crippen LogP contribution >= 0.6 is 0 Å². The van der Waals surface area contributed by atoms with Gasteiger partial charge in [0.25, 0.3) is 0 Å². The van der Waals surface area contributed by atoms with Gasteiger partial charge in [-0.15, -0.1) is 0 Å². The van der Waals surface area contributed by atoms with Crippen LogP contribution in [0.4, 0.5) is 5.69 Å². The van der Waals surface area contributed by atoms with Gasteiger partial charge in [0.1, 0.15) is 0 Å². The van der Waals surface area contributed by atoms with Crippen LogP contribution in [-0.2, 0) is 11.2 Å². The Morgan fingerprint density at radius 1 is 1.40 bits per heavy atom. The fourth-order valence-electron chi connectivity index (χ4n) is 1.84. The summed E-state index contributed by atoms with van der Waals surface area (Å²) >= 11 is 0. The van der Waals surface area contributed by atoms with Crippen LogP contribution in [-0.4, -0.2) is 5.91 Å². The number of aryl methyl sites for hydroxylation is 1. The topological polar surface area (TPSA) is 29.1 Å². The van der Waals surface area contributed by atoms with Gasteiger partial charge in [-0.05, 0) is 36.5 Å². The maximum absolute atomic E-state index is 11.2. The standard InChI is InChI=1S/C13H16NO/c1-2-3-4-10-5-7-12-11(9-10)6-8-13(15)14-12/h4-5,7,9H,2-3,6,8H2,1H3,(H,14,15). The number of amides is 1. The number of anilines is 1. The van der Waals surface area contributed by atoms with E-state index in [1.807, 2.05) is 6.07 Å². The Morgan fingerprint density at radius 2 is 2.27 bits per heavy atom. The number of nitrogens with one attached hydrogen (secondary N) is 1. The van der Waals surface area contributed by atoms with Crippen molar-refractivity contribution in [1.82, 2.24) is 0 Å². The lowest BCUT2D eigenvalue weighted by Crippen LogP contribution is -2.18. The normalized spacial score (nSPS) is 14.6. The third-order valence-corrected chi connectivity index (χ3v) is 2.69. The Balaban J connectivity index is 2.15. The van der Waals surface area contributed by atoms with Gasteiger partial charge in [-0.2, -0.15) is 0 Å². The van der Waals surface area contributed by atoms with Crippen LogP contribution in [0.15, 0.2) is 18.2 Å². The third-order valence-electron chi connectivity index (χ3n) is 2.69. The van der Waals surface area contributed by atoms with Gasteiger partial charge in [0.2, 0.25) is 5.91 Å². The van der Waals surface area contributed by atoms with Crippen molar-refractivity contribution < 1.29 is 4.79 Å². The van der Waals surface area contributed by atoms with Crippen molar-refractivity contribution in [2.45, 2.75) is 32.6 Å². The first-order valence-electron chi connectivity index (χ1n) is 5.55. The molecule has 0 atom stereocenters. The average Bonchev–Trinajstić information content (AvgIpc) is 2.26. The Kier molecular flexibility index (Phi) is 3.05. The molecule has 0 spiro atoms. The maximum atomic E-state index is 11.2. The molecule has 1 aliphatic heterocycles. The van der Waals surface area contributed by atoms with Gasteiger partial charge < -0.3 is 5.32 Å². The molecule has 1 aliphatic rings. The minimum absolute atomic E-state index is 0.132. The van der Waals surface area contributed by atoms with E-state index < -0.39 is 0 Å². The molecule has 0 bridgehead atoms. The van der Waals surface area contributed by atoms with Crippen molar-refractivity contribution in [3.63, 3.8) is 0 Å². The zero-order valence-electron chi connectivity index (χ0n) is 9.05. The fraction of sp³-hybridized carbons (Fsp3) is 0.385. The molecular formula is C13H16NO. The second-order valence-electron chi connectivity index (χ2n) is 3.96. The molecule has 1 aromatic carbocycles. The number of benzene rings is 1. The summed E-state index contributed by atoms with van der Waals surface area (Å²) in [6.45, 7) is 2.18. The van der Waals surface area contributed by atoms with Crippen LogP contribution in [0.5, 0.6) is 0 Å². The number of unbranched alkanes of at least 4 members (excludes halogenated alkanes) is 1. The van der Waals surface area contributed by atoms with E-state index in [1.54, 1.807) is 0 Å². The lowest BCUT2D eigenvalue weighted by Gasteiger charge is -2.17. The first kappa shape index (κ1) is 10.2. The van der Waals surface area contributed by atoms with Crippen LogP contribution in [0.1, 0.15) is 37.3 Å². The predicted octanol–water partition coefficient (Wildman–Crippen LogP) is 2.92. The van der Waals surface area contributed by atoms with Gasteiger partial charge in [-0.3, -0.25) is 4.79 Å². The minimum Gasteiger partial charge on any atom is -0.326 e. The number of hydrogen-bond acceptors (Lipinski definition) is 1. The number of hydrogen-bond donors (Lipinski definition) is 1. The van der Waals surface area contributed by atoms with E-state index in [9.17, 15) is 4.79 Å². The van der Waals surface area contributed by atoms with Crippen molar-refractivity contribution in [3.05, 3.63) is 35.7 Å². The van der Waals surface area contributed by atoms with Crippen molar-refractivity contribution in [1.29, 1.82) is 0 Å². The van der Waals surface area contributed by atoms with E-state index in [2.05, 4.69) is 30.8 Å². The first-order chi connectivity index (χ1) is 7.29. The number of fused-ring (bicyclic) bond motifs is 1. The molecule has 0 unspecified atom stereocenters. The van der Waals surface area contributed by atoms with Crippen molar-refractivity contribution in [2.75, 3.05) is 5.32 Å². The lowest BCUT2D eigenvalue weighted by molar-refractivity contribution is -0.116. The maximum Gasteiger partial charge on any atom is 0.224 e. The zero-order valence-corrected chi connectivity index (χ0v) is 9.05. The van der Waals surface area contributed by atoms with Crippen molar-refractivity contribution >= 4 is 11.6 Å². The highest BCUT2D eigenvalue weighted by atomic mass is 16.1. The SMILES string of the molecule is CCC[CH]c1ccc2c(c1)CCC(=O)N2. The molecule has 0 aromatic heterocycles. The monoisotopic (exact) mass is 202 g/mol. The summed E-state index contributed by atoms with van der Waals surface area (Å²) in [6.07, 6.45) is 6.02. The molecule has 1 amide bonds. The van der Waals surface area contributed by atoms with E-state index in [0.29, 0.717) is 6.42 Å². The average molecular weight is 202 g/mol. The summed E-state index contributed by atoms with van der Waals surface area (Å²) in [7, 11) is 0. The Bertz CT molecular complexity index is 371. The minimum atomic E-state index is 0.132. The molecule has 0 saturated heterocycles. The van der Waals surface area contributed by atoms with E-state index >= 15 is 0 Å². The largest absolute Gasteiger partial charge is 0.326 e. The summed E-state index contributed by atoms with van der Waals surface area (Å²) in [5, 5.41) is 2.89. The van der Waals surface area contributed by atoms with Crippen LogP contribution < -0.4 is 5.32 Å². The zero-order chi connectivity index (χ0) is 10.7. The molecule has 2 heteroatoms. The van der Waals surface area contributed by atoms with E-state index in [1.165, 1.54) is 17.5 Å². The van der Waals surface area contributed by atoms with Crippen LogP contribution in [0.3, 0.4) is 0 Å². The Hall–Kier alpha value is -1.31. The van der Waals surface area contributed by atoms with E-state index in [4.69, 9.17) is 0 Å². The summed E-state index contributed by atoms with van der Waals surface area (Å²) in [5.74, 6) is 0.132. The molecule has 2 nitrogen and oxygen atoms in total. The van der Waals surface area contributed by atoms with Gasteiger partial charge in [-0.1, -0.05) is 25.5 Å². The van der Waals surface area contributed by atoms with Crippen LogP contribution in [0.2, 0.25) is 0 Å². The van der Waals surface area contributed by atoms with Crippen molar-refractivity contribution in [3.8, 4) is 0 Å². The first-order valence-corrected chi connectivity index (χ1v) is 5.55. The smallest absolute Gasteiger partial charge is 0.224 e. The molecule has 1 heterocycles. The fourth-order valence-corrected chi connectivity index (χ4v) is 1.84. The number of carbonyl (C=O) groups is 1. The summed E-state index contributed by atoms with van der Waals surface area (Å²) in [6, 6.07) is 6.26. The molecule has 1 aromatic rings. The van der Waals surface area contributed by atoms with Gasteiger partial charge >= 0.3 is 0 Å². The highest BCUT2D eigenvalue weighted by Gasteiger charge is 2.14. The van der Waals surface area contributed by atoms with E-state index in [0.717, 1.165) is 18.5 Å². The molecule has 2 rings (SSSR count). The predicted molar refractivity (Wildman–Crippen MR) is 61.7 cm³/mol. The molecule has 79 valence electrons. The quantitative estimate of drug-likeness (QED) is 0.802. The molecule has 0 aliphatic carbocycles. The lowest BCUT2D eigenvalue weighted by atomic mass is 9.98. The molecular weight excluding hydrogens is 186 g/mol.